The standard InChI is InChI=1S/C10H15Br/c1-9(5-11)6-3-7-8(4-6)10(7,9)2/h6-8H,3-5H2,1-2H3/t6?,7-,8-,9-,10?/m1/s1. The van der Waals surface area contributed by atoms with Crippen molar-refractivity contribution in [2.24, 2.45) is 28.6 Å². The first-order chi connectivity index (χ1) is 5.14. The Kier molecular flexibility index (Phi) is 0.991. The van der Waals surface area contributed by atoms with E-state index in [2.05, 4.69) is 29.8 Å². The number of hydrogen-bond donors (Lipinski definition) is 0. The molecular weight excluding hydrogens is 200 g/mol. The number of rotatable bonds is 1. The lowest BCUT2D eigenvalue weighted by Crippen LogP contribution is -2.28. The van der Waals surface area contributed by atoms with E-state index in [0.29, 0.717) is 5.41 Å². The molecule has 0 heterocycles. The topological polar surface area (TPSA) is 0 Å². The van der Waals surface area contributed by atoms with Gasteiger partial charge in [0, 0.05) is 5.33 Å². The van der Waals surface area contributed by atoms with Crippen LogP contribution >= 0.6 is 15.9 Å². The van der Waals surface area contributed by atoms with Crippen LogP contribution in [-0.4, -0.2) is 5.33 Å². The predicted octanol–water partition coefficient (Wildman–Crippen LogP) is 3.06. The SMILES string of the molecule is CC12[C@@H]3CC(C[C@H]31)[C@@]2(C)CBr. The summed E-state index contributed by atoms with van der Waals surface area (Å²) in [7, 11) is 0. The first-order valence-corrected chi connectivity index (χ1v) is 5.82. The Morgan fingerprint density at radius 2 is 1.82 bits per heavy atom. The van der Waals surface area contributed by atoms with Crippen LogP contribution in [-0.2, 0) is 0 Å². The minimum atomic E-state index is 0.655. The van der Waals surface area contributed by atoms with Crippen molar-refractivity contribution in [2.45, 2.75) is 26.7 Å². The molecule has 1 heteroatoms. The average Bonchev–Trinajstić information content (AvgIpc) is 2.42. The summed E-state index contributed by atoms with van der Waals surface area (Å²) < 4.78 is 0. The van der Waals surface area contributed by atoms with E-state index in [-0.39, 0.29) is 0 Å². The first kappa shape index (κ1) is 6.94. The van der Waals surface area contributed by atoms with Gasteiger partial charge in [0.05, 0.1) is 0 Å². The van der Waals surface area contributed by atoms with E-state index in [1.54, 1.807) is 12.8 Å². The Morgan fingerprint density at radius 3 is 2.00 bits per heavy atom. The van der Waals surface area contributed by atoms with Crippen LogP contribution in [0.3, 0.4) is 0 Å². The van der Waals surface area contributed by atoms with Crippen LogP contribution < -0.4 is 0 Å². The first-order valence-electron chi connectivity index (χ1n) is 4.70. The summed E-state index contributed by atoms with van der Waals surface area (Å²) in [5, 5.41) is 1.23. The molecule has 0 amide bonds. The van der Waals surface area contributed by atoms with Crippen molar-refractivity contribution >= 4 is 15.9 Å². The fourth-order valence-electron chi connectivity index (χ4n) is 4.29. The third-order valence-corrected chi connectivity index (χ3v) is 6.57. The van der Waals surface area contributed by atoms with E-state index in [1.807, 2.05) is 0 Å². The molecule has 4 aliphatic rings. The van der Waals surface area contributed by atoms with E-state index in [9.17, 15) is 0 Å². The zero-order valence-corrected chi connectivity index (χ0v) is 8.82. The third kappa shape index (κ3) is 0.460. The molecule has 0 unspecified atom stereocenters. The van der Waals surface area contributed by atoms with Crippen LogP contribution in [0.5, 0.6) is 0 Å². The molecule has 0 aliphatic heterocycles. The number of halogens is 1. The summed E-state index contributed by atoms with van der Waals surface area (Å²) >= 11 is 3.70. The van der Waals surface area contributed by atoms with Crippen molar-refractivity contribution in [3.8, 4) is 0 Å². The maximum Gasteiger partial charge on any atom is 0.00934 e. The van der Waals surface area contributed by atoms with Gasteiger partial charge in [-0.25, -0.2) is 0 Å². The van der Waals surface area contributed by atoms with E-state index in [1.165, 1.54) is 5.33 Å². The zero-order chi connectivity index (χ0) is 7.85. The van der Waals surface area contributed by atoms with Gasteiger partial charge in [0.25, 0.3) is 0 Å². The van der Waals surface area contributed by atoms with Crippen LogP contribution in [0.15, 0.2) is 0 Å². The van der Waals surface area contributed by atoms with E-state index < -0.39 is 0 Å². The smallest absolute Gasteiger partial charge is 0.00934 e. The second kappa shape index (κ2) is 1.57. The van der Waals surface area contributed by atoms with Crippen molar-refractivity contribution in [2.75, 3.05) is 5.33 Å². The van der Waals surface area contributed by atoms with Crippen molar-refractivity contribution in [1.82, 2.24) is 0 Å². The van der Waals surface area contributed by atoms with Crippen molar-refractivity contribution in [1.29, 1.82) is 0 Å². The van der Waals surface area contributed by atoms with Crippen LogP contribution in [0.2, 0.25) is 0 Å². The largest absolute Gasteiger partial charge is 0.0922 e. The van der Waals surface area contributed by atoms with Gasteiger partial charge >= 0.3 is 0 Å². The van der Waals surface area contributed by atoms with Crippen LogP contribution in [0, 0.1) is 28.6 Å². The van der Waals surface area contributed by atoms with E-state index in [4.69, 9.17) is 0 Å². The number of hydrogen-bond acceptors (Lipinski definition) is 0. The fourth-order valence-corrected chi connectivity index (χ4v) is 5.35. The summed E-state index contributed by atoms with van der Waals surface area (Å²) in [4.78, 5) is 0. The van der Waals surface area contributed by atoms with Gasteiger partial charge in [0.2, 0.25) is 0 Å². The minimum absolute atomic E-state index is 0.655. The van der Waals surface area contributed by atoms with Crippen LogP contribution in [0.4, 0.5) is 0 Å². The van der Waals surface area contributed by atoms with Crippen molar-refractivity contribution in [3.05, 3.63) is 0 Å². The minimum Gasteiger partial charge on any atom is -0.0922 e. The maximum absolute atomic E-state index is 3.70. The highest BCUT2D eigenvalue weighted by atomic mass is 79.9. The molecule has 4 aliphatic carbocycles. The molecule has 4 bridgehead atoms. The molecule has 0 nitrogen and oxygen atoms in total. The monoisotopic (exact) mass is 214 g/mol. The lowest BCUT2D eigenvalue weighted by atomic mass is 9.76. The molecule has 62 valence electrons. The molecule has 0 spiro atoms. The maximum atomic E-state index is 3.70. The molecule has 0 aromatic carbocycles. The Balaban J connectivity index is 2.10. The molecule has 4 rings (SSSR count). The van der Waals surface area contributed by atoms with Gasteiger partial charge in [-0.05, 0) is 41.4 Å². The Hall–Kier alpha value is 0.480. The summed E-state index contributed by atoms with van der Waals surface area (Å²) in [6.45, 7) is 5.02. The molecular formula is C10H15Br. The zero-order valence-electron chi connectivity index (χ0n) is 7.23. The van der Waals surface area contributed by atoms with E-state index >= 15 is 0 Å². The van der Waals surface area contributed by atoms with Gasteiger partial charge in [-0.1, -0.05) is 29.8 Å². The molecule has 0 aromatic rings. The molecule has 0 N–H and O–H groups in total. The summed E-state index contributed by atoms with van der Waals surface area (Å²) in [6.07, 6.45) is 3.09. The van der Waals surface area contributed by atoms with Crippen LogP contribution in [0.25, 0.3) is 0 Å². The average molecular weight is 215 g/mol. The fraction of sp³-hybridized carbons (Fsp3) is 1.00. The highest BCUT2D eigenvalue weighted by Crippen LogP contribution is 2.86. The summed E-state index contributed by atoms with van der Waals surface area (Å²) in [5.74, 6) is 3.30. The summed E-state index contributed by atoms with van der Waals surface area (Å²) in [5.41, 5.74) is 1.41. The van der Waals surface area contributed by atoms with Crippen LogP contribution in [0.1, 0.15) is 26.7 Å². The Labute approximate surface area is 76.9 Å². The van der Waals surface area contributed by atoms with Gasteiger partial charge in [0.1, 0.15) is 0 Å². The van der Waals surface area contributed by atoms with Crippen molar-refractivity contribution < 1.29 is 0 Å². The van der Waals surface area contributed by atoms with E-state index in [0.717, 1.165) is 23.2 Å². The third-order valence-electron chi connectivity index (χ3n) is 5.40. The van der Waals surface area contributed by atoms with Gasteiger partial charge in [-0.15, -0.1) is 0 Å². The van der Waals surface area contributed by atoms with Gasteiger partial charge in [0.15, 0.2) is 0 Å². The molecule has 0 aromatic heterocycles. The summed E-state index contributed by atoms with van der Waals surface area (Å²) in [6, 6.07) is 0. The van der Waals surface area contributed by atoms with Crippen molar-refractivity contribution in [3.63, 3.8) is 0 Å². The Bertz CT molecular complexity index is 211. The lowest BCUT2D eigenvalue weighted by Gasteiger charge is -2.31. The quantitative estimate of drug-likeness (QED) is 0.589. The molecule has 4 fully saturated rings. The second-order valence-electron chi connectivity index (χ2n) is 5.22. The molecule has 11 heavy (non-hydrogen) atoms. The Morgan fingerprint density at radius 1 is 1.27 bits per heavy atom. The van der Waals surface area contributed by atoms with Gasteiger partial charge in [-0.2, -0.15) is 0 Å². The lowest BCUT2D eigenvalue weighted by molar-refractivity contribution is 0.209. The highest BCUT2D eigenvalue weighted by molar-refractivity contribution is 9.09. The van der Waals surface area contributed by atoms with Gasteiger partial charge < -0.3 is 0 Å². The second-order valence-corrected chi connectivity index (χ2v) is 5.78. The molecule has 0 saturated heterocycles. The predicted molar refractivity (Wildman–Crippen MR) is 49.7 cm³/mol. The molecule has 0 radical (unpaired) electrons. The number of alkyl halides is 1. The van der Waals surface area contributed by atoms with Gasteiger partial charge in [-0.3, -0.25) is 0 Å². The molecule has 4 saturated carbocycles. The highest BCUT2D eigenvalue weighted by Gasteiger charge is 2.80. The normalized spacial score (nSPS) is 70.6. The molecule has 3 atom stereocenters.